The van der Waals surface area contributed by atoms with Crippen molar-refractivity contribution in [2.75, 3.05) is 13.3 Å². The largest absolute Gasteiger partial charge is 0.454 e. The molecule has 2 atom stereocenters. The van der Waals surface area contributed by atoms with E-state index in [1.54, 1.807) is 12.2 Å². The maximum absolute atomic E-state index is 12.0. The molecule has 2 aliphatic rings. The lowest BCUT2D eigenvalue weighted by Crippen LogP contribution is -2.46. The van der Waals surface area contributed by atoms with Gasteiger partial charge in [0.2, 0.25) is 12.7 Å². The summed E-state index contributed by atoms with van der Waals surface area (Å²) < 4.78 is 10.6. The second-order valence-corrected chi connectivity index (χ2v) is 5.53. The molecule has 1 fully saturated rings. The minimum Gasteiger partial charge on any atom is -0.454 e. The van der Waals surface area contributed by atoms with Crippen LogP contribution in [0.1, 0.15) is 25.3 Å². The van der Waals surface area contributed by atoms with Crippen molar-refractivity contribution in [3.8, 4) is 11.5 Å². The Kier molecular flexibility index (Phi) is 4.10. The fourth-order valence-corrected chi connectivity index (χ4v) is 2.70. The summed E-state index contributed by atoms with van der Waals surface area (Å²) in [5, 5.41) is 6.42. The summed E-state index contributed by atoms with van der Waals surface area (Å²) in [6, 6.07) is 6.36. The van der Waals surface area contributed by atoms with Crippen molar-refractivity contribution in [2.24, 2.45) is 0 Å². The van der Waals surface area contributed by atoms with Crippen molar-refractivity contribution in [2.45, 2.75) is 31.8 Å². The molecule has 0 bridgehead atoms. The zero-order valence-electron chi connectivity index (χ0n) is 12.1. The van der Waals surface area contributed by atoms with Gasteiger partial charge < -0.3 is 20.1 Å². The number of hydrogen-bond donors (Lipinski definition) is 2. The summed E-state index contributed by atoms with van der Waals surface area (Å²) >= 11 is 0. The quantitative estimate of drug-likeness (QED) is 0.831. The van der Waals surface area contributed by atoms with Crippen molar-refractivity contribution in [1.29, 1.82) is 0 Å². The van der Waals surface area contributed by atoms with Gasteiger partial charge in [0.25, 0.3) is 0 Å². The Morgan fingerprint density at radius 1 is 1.38 bits per heavy atom. The lowest BCUT2D eigenvalue weighted by Gasteiger charge is -2.28. The lowest BCUT2D eigenvalue weighted by atomic mass is 10.0. The number of carbonyl (C=O) groups excluding carboxylic acids is 1. The van der Waals surface area contributed by atoms with Crippen LogP contribution in [0.15, 0.2) is 24.3 Å². The Balaban J connectivity index is 1.56. The molecule has 1 aromatic rings. The summed E-state index contributed by atoms with van der Waals surface area (Å²) in [4.78, 5) is 12.0. The van der Waals surface area contributed by atoms with E-state index in [-0.39, 0.29) is 18.7 Å². The van der Waals surface area contributed by atoms with Gasteiger partial charge in [0.05, 0.1) is 0 Å². The van der Waals surface area contributed by atoms with Crippen LogP contribution in [-0.4, -0.2) is 31.3 Å². The van der Waals surface area contributed by atoms with E-state index in [1.807, 2.05) is 18.2 Å². The van der Waals surface area contributed by atoms with Crippen LogP contribution in [0.4, 0.5) is 0 Å². The summed E-state index contributed by atoms with van der Waals surface area (Å²) in [6.07, 6.45) is 5.32. The molecule has 2 aliphatic heterocycles. The highest BCUT2D eigenvalue weighted by Crippen LogP contribution is 2.32. The molecule has 0 radical (unpaired) electrons. The van der Waals surface area contributed by atoms with E-state index >= 15 is 0 Å². The molecule has 5 nitrogen and oxygen atoms in total. The first-order chi connectivity index (χ1) is 10.2. The topological polar surface area (TPSA) is 59.6 Å². The molecule has 5 heteroatoms. The van der Waals surface area contributed by atoms with E-state index in [0.717, 1.165) is 36.4 Å². The summed E-state index contributed by atoms with van der Waals surface area (Å²) in [5.41, 5.74) is 0.924. The van der Waals surface area contributed by atoms with Gasteiger partial charge in [-0.1, -0.05) is 6.07 Å². The highest BCUT2D eigenvalue weighted by Gasteiger charge is 2.19. The standard InChI is InChI=1S/C16H20N2O3/c1-11-8-13(6-7-17-11)18-16(19)5-3-12-2-4-14-15(9-12)21-10-20-14/h2-5,9,11,13,17H,6-8,10H2,1H3,(H,18,19)/b5-3+. The first-order valence-corrected chi connectivity index (χ1v) is 7.32. The molecule has 3 rings (SSSR count). The van der Waals surface area contributed by atoms with Gasteiger partial charge in [-0.2, -0.15) is 0 Å². The SMILES string of the molecule is CC1CC(NC(=O)/C=C/c2ccc3c(c2)OCO3)CCN1. The van der Waals surface area contributed by atoms with E-state index in [1.165, 1.54) is 0 Å². The minimum atomic E-state index is -0.0493. The first-order valence-electron chi connectivity index (χ1n) is 7.32. The Morgan fingerprint density at radius 2 is 2.24 bits per heavy atom. The second-order valence-electron chi connectivity index (χ2n) is 5.53. The number of piperidine rings is 1. The van der Waals surface area contributed by atoms with E-state index in [2.05, 4.69) is 17.6 Å². The van der Waals surface area contributed by atoms with E-state index in [4.69, 9.17) is 9.47 Å². The molecular formula is C16H20N2O3. The number of rotatable bonds is 3. The molecule has 2 N–H and O–H groups in total. The van der Waals surface area contributed by atoms with Crippen LogP contribution in [0.5, 0.6) is 11.5 Å². The second kappa shape index (κ2) is 6.18. The zero-order chi connectivity index (χ0) is 14.7. The highest BCUT2D eigenvalue weighted by atomic mass is 16.7. The van der Waals surface area contributed by atoms with E-state index in [0.29, 0.717) is 6.04 Å². The maximum Gasteiger partial charge on any atom is 0.244 e. The number of nitrogens with one attached hydrogen (secondary N) is 2. The number of amides is 1. The number of fused-ring (bicyclic) bond motifs is 1. The van der Waals surface area contributed by atoms with Gasteiger partial charge in [-0.3, -0.25) is 4.79 Å². The molecule has 2 unspecified atom stereocenters. The number of hydrogen-bond acceptors (Lipinski definition) is 4. The fourth-order valence-electron chi connectivity index (χ4n) is 2.70. The van der Waals surface area contributed by atoms with Crippen LogP contribution in [0.3, 0.4) is 0 Å². The molecule has 2 heterocycles. The summed E-state index contributed by atoms with van der Waals surface area (Å²) in [6.45, 7) is 3.36. The van der Waals surface area contributed by atoms with E-state index in [9.17, 15) is 4.79 Å². The maximum atomic E-state index is 12.0. The normalized spacial score (nSPS) is 24.2. The van der Waals surface area contributed by atoms with Crippen molar-refractivity contribution < 1.29 is 14.3 Å². The monoisotopic (exact) mass is 288 g/mol. The lowest BCUT2D eigenvalue weighted by molar-refractivity contribution is -0.117. The molecule has 0 saturated carbocycles. The van der Waals surface area contributed by atoms with Crippen molar-refractivity contribution in [1.82, 2.24) is 10.6 Å². The average molecular weight is 288 g/mol. The molecule has 1 saturated heterocycles. The molecule has 0 aromatic heterocycles. The Bertz CT molecular complexity index is 556. The zero-order valence-corrected chi connectivity index (χ0v) is 12.1. The number of carbonyl (C=O) groups is 1. The first kappa shape index (κ1) is 13.9. The third-order valence-corrected chi connectivity index (χ3v) is 3.79. The number of benzene rings is 1. The van der Waals surface area contributed by atoms with Gasteiger partial charge >= 0.3 is 0 Å². The van der Waals surface area contributed by atoms with Crippen LogP contribution in [-0.2, 0) is 4.79 Å². The van der Waals surface area contributed by atoms with Gasteiger partial charge in [-0.25, -0.2) is 0 Å². The summed E-state index contributed by atoms with van der Waals surface area (Å²) in [7, 11) is 0. The predicted molar refractivity (Wildman–Crippen MR) is 80.2 cm³/mol. The van der Waals surface area contributed by atoms with Crippen molar-refractivity contribution in [3.63, 3.8) is 0 Å². The Labute approximate surface area is 124 Å². The Hall–Kier alpha value is -2.01. The molecule has 0 spiro atoms. The molecule has 112 valence electrons. The minimum absolute atomic E-state index is 0.0493. The van der Waals surface area contributed by atoms with Crippen LogP contribution in [0, 0.1) is 0 Å². The van der Waals surface area contributed by atoms with Gasteiger partial charge in [0.15, 0.2) is 11.5 Å². The van der Waals surface area contributed by atoms with Crippen LogP contribution >= 0.6 is 0 Å². The predicted octanol–water partition coefficient (Wildman–Crippen LogP) is 1.69. The van der Waals surface area contributed by atoms with Gasteiger partial charge in [-0.05, 0) is 50.1 Å². The van der Waals surface area contributed by atoms with Crippen LogP contribution in [0.25, 0.3) is 6.08 Å². The Morgan fingerprint density at radius 3 is 3.10 bits per heavy atom. The van der Waals surface area contributed by atoms with E-state index < -0.39 is 0 Å². The van der Waals surface area contributed by atoms with Crippen LogP contribution in [0.2, 0.25) is 0 Å². The van der Waals surface area contributed by atoms with Crippen LogP contribution < -0.4 is 20.1 Å². The van der Waals surface area contributed by atoms with Crippen molar-refractivity contribution >= 4 is 12.0 Å². The number of ether oxygens (including phenoxy) is 2. The average Bonchev–Trinajstić information content (AvgIpc) is 2.92. The summed E-state index contributed by atoms with van der Waals surface area (Å²) in [5.74, 6) is 1.43. The third kappa shape index (κ3) is 3.55. The smallest absolute Gasteiger partial charge is 0.244 e. The van der Waals surface area contributed by atoms with Gasteiger partial charge in [-0.15, -0.1) is 0 Å². The highest BCUT2D eigenvalue weighted by molar-refractivity contribution is 5.92. The molecule has 1 aromatic carbocycles. The molecule has 21 heavy (non-hydrogen) atoms. The van der Waals surface area contributed by atoms with Gasteiger partial charge in [0, 0.05) is 18.2 Å². The molecular weight excluding hydrogens is 268 g/mol. The van der Waals surface area contributed by atoms with Crippen molar-refractivity contribution in [3.05, 3.63) is 29.8 Å². The van der Waals surface area contributed by atoms with Gasteiger partial charge in [0.1, 0.15) is 0 Å². The fraction of sp³-hybridized carbons (Fsp3) is 0.438. The molecule has 0 aliphatic carbocycles. The third-order valence-electron chi connectivity index (χ3n) is 3.79. The molecule has 1 amide bonds.